The molecule has 2 aromatic carbocycles. The number of halogens is 1. The van der Waals surface area contributed by atoms with Crippen LogP contribution in [0.1, 0.15) is 15.9 Å². The Kier molecular flexibility index (Phi) is 5.63. The van der Waals surface area contributed by atoms with Crippen molar-refractivity contribution in [3.05, 3.63) is 77.3 Å². The number of nitrogens with zero attached hydrogens (tertiary/aromatic N) is 3. The van der Waals surface area contributed by atoms with E-state index < -0.39 is 5.97 Å². The average Bonchev–Trinajstić information content (AvgIpc) is 3.21. The van der Waals surface area contributed by atoms with Gasteiger partial charge >= 0.3 is 5.97 Å². The van der Waals surface area contributed by atoms with Gasteiger partial charge in [-0.15, -0.1) is 0 Å². The topological polar surface area (TPSA) is 86.1 Å². The molecule has 0 aliphatic heterocycles. The fourth-order valence-corrected chi connectivity index (χ4v) is 2.51. The number of nitrogens with one attached hydrogen (secondary N) is 1. The Hall–Kier alpha value is -3.45. The van der Waals surface area contributed by atoms with Gasteiger partial charge in [-0.25, -0.2) is 14.5 Å². The fraction of sp³-hybridized carbons (Fsp3) is 0.0526. The number of hydrogen-bond acceptors (Lipinski definition) is 5. The summed E-state index contributed by atoms with van der Waals surface area (Å²) >= 11 is 6.03. The van der Waals surface area contributed by atoms with Gasteiger partial charge in [0.25, 0.3) is 0 Å². The zero-order valence-electron chi connectivity index (χ0n) is 14.3. The molecule has 8 heteroatoms. The third-order valence-electron chi connectivity index (χ3n) is 3.64. The third-order valence-corrected chi connectivity index (χ3v) is 3.88. The zero-order valence-corrected chi connectivity index (χ0v) is 15.1. The highest BCUT2D eigenvalue weighted by molar-refractivity contribution is 6.31. The van der Waals surface area contributed by atoms with Crippen LogP contribution in [0.25, 0.3) is 11.8 Å². The quantitative estimate of drug-likeness (QED) is 0.540. The molecule has 1 amide bonds. The standard InChI is InChI=1S/C19H15ClN4O3/c1-27-19(26)14-5-2-13(3-6-14)4-9-18(25)23-16-10-15(20)7-8-17(16)24-12-21-11-22-24/h2-12H,1H3,(H,23,25)/b9-4+. The lowest BCUT2D eigenvalue weighted by atomic mass is 10.1. The summed E-state index contributed by atoms with van der Waals surface area (Å²) in [6.45, 7) is 0. The molecule has 1 heterocycles. The number of carbonyl (C=O) groups excluding carboxylic acids is 2. The van der Waals surface area contributed by atoms with Crippen molar-refractivity contribution < 1.29 is 14.3 Å². The molecular formula is C19H15ClN4O3. The Morgan fingerprint density at radius 2 is 1.96 bits per heavy atom. The van der Waals surface area contributed by atoms with Crippen molar-refractivity contribution in [1.82, 2.24) is 14.8 Å². The molecule has 1 aromatic heterocycles. The molecule has 0 spiro atoms. The average molecular weight is 383 g/mol. The van der Waals surface area contributed by atoms with E-state index in [1.807, 2.05) is 0 Å². The molecule has 0 radical (unpaired) electrons. The summed E-state index contributed by atoms with van der Waals surface area (Å²) in [6.07, 6.45) is 5.95. The maximum atomic E-state index is 12.3. The first kappa shape index (κ1) is 18.3. The molecule has 1 N–H and O–H groups in total. The SMILES string of the molecule is COC(=O)c1ccc(/C=C/C(=O)Nc2cc(Cl)ccc2-n2cncn2)cc1. The van der Waals surface area contributed by atoms with Gasteiger partial charge in [-0.1, -0.05) is 23.7 Å². The van der Waals surface area contributed by atoms with Gasteiger partial charge < -0.3 is 10.1 Å². The van der Waals surface area contributed by atoms with Crippen LogP contribution < -0.4 is 5.32 Å². The molecule has 0 bridgehead atoms. The molecule has 0 aliphatic carbocycles. The largest absolute Gasteiger partial charge is 0.465 e. The highest BCUT2D eigenvalue weighted by Crippen LogP contribution is 2.24. The summed E-state index contributed by atoms with van der Waals surface area (Å²) in [6, 6.07) is 11.8. The van der Waals surface area contributed by atoms with E-state index in [0.29, 0.717) is 22.0 Å². The van der Waals surface area contributed by atoms with E-state index in [1.165, 1.54) is 30.5 Å². The predicted octanol–water partition coefficient (Wildman–Crippen LogP) is 3.36. The Bertz CT molecular complexity index is 983. The molecule has 0 fully saturated rings. The minimum absolute atomic E-state index is 0.337. The van der Waals surface area contributed by atoms with Crippen LogP contribution >= 0.6 is 11.6 Å². The van der Waals surface area contributed by atoms with Gasteiger partial charge in [-0.05, 0) is 42.0 Å². The normalized spacial score (nSPS) is 10.7. The van der Waals surface area contributed by atoms with E-state index in [4.69, 9.17) is 11.6 Å². The summed E-state index contributed by atoms with van der Waals surface area (Å²) < 4.78 is 6.18. The molecule has 0 saturated carbocycles. The van der Waals surface area contributed by atoms with Crippen molar-refractivity contribution in [2.75, 3.05) is 12.4 Å². The summed E-state index contributed by atoms with van der Waals surface area (Å²) in [4.78, 5) is 27.6. The van der Waals surface area contributed by atoms with Crippen LogP contribution in [0, 0.1) is 0 Å². The minimum Gasteiger partial charge on any atom is -0.465 e. The van der Waals surface area contributed by atoms with Crippen molar-refractivity contribution in [1.29, 1.82) is 0 Å². The lowest BCUT2D eigenvalue weighted by molar-refractivity contribution is -0.111. The number of benzene rings is 2. The highest BCUT2D eigenvalue weighted by Gasteiger charge is 2.09. The fourth-order valence-electron chi connectivity index (χ4n) is 2.34. The number of rotatable bonds is 5. The van der Waals surface area contributed by atoms with Crippen molar-refractivity contribution in [2.24, 2.45) is 0 Å². The van der Waals surface area contributed by atoms with Gasteiger partial charge in [0.1, 0.15) is 12.7 Å². The summed E-state index contributed by atoms with van der Waals surface area (Å²) in [5, 5.41) is 7.32. The van der Waals surface area contributed by atoms with Gasteiger partial charge in [0.15, 0.2) is 0 Å². The number of hydrogen-bond donors (Lipinski definition) is 1. The van der Waals surface area contributed by atoms with Gasteiger partial charge in [0.05, 0.1) is 24.0 Å². The number of amides is 1. The molecule has 3 aromatic rings. The van der Waals surface area contributed by atoms with Crippen LogP contribution in [0.15, 0.2) is 61.2 Å². The van der Waals surface area contributed by atoms with Crippen molar-refractivity contribution in [3.63, 3.8) is 0 Å². The Balaban J connectivity index is 1.73. The van der Waals surface area contributed by atoms with Gasteiger partial charge in [0.2, 0.25) is 5.91 Å². The van der Waals surface area contributed by atoms with Crippen molar-refractivity contribution >= 4 is 35.2 Å². The van der Waals surface area contributed by atoms with E-state index >= 15 is 0 Å². The zero-order chi connectivity index (χ0) is 19.2. The molecule has 0 unspecified atom stereocenters. The molecule has 0 aliphatic rings. The van der Waals surface area contributed by atoms with Crippen LogP contribution in [0.3, 0.4) is 0 Å². The summed E-state index contributed by atoms with van der Waals surface area (Å²) in [5.74, 6) is -0.749. The highest BCUT2D eigenvalue weighted by atomic mass is 35.5. The molecule has 7 nitrogen and oxygen atoms in total. The third kappa shape index (κ3) is 4.59. The van der Waals surface area contributed by atoms with Crippen LogP contribution in [-0.2, 0) is 9.53 Å². The van der Waals surface area contributed by atoms with Crippen molar-refractivity contribution in [2.45, 2.75) is 0 Å². The summed E-state index contributed by atoms with van der Waals surface area (Å²) in [5.41, 5.74) is 2.35. The maximum absolute atomic E-state index is 12.3. The number of methoxy groups -OCH3 is 1. The number of anilines is 1. The van der Waals surface area contributed by atoms with E-state index in [-0.39, 0.29) is 5.91 Å². The molecule has 27 heavy (non-hydrogen) atoms. The van der Waals surface area contributed by atoms with E-state index in [0.717, 1.165) is 5.56 Å². The number of ether oxygens (including phenoxy) is 1. The van der Waals surface area contributed by atoms with Gasteiger partial charge in [-0.3, -0.25) is 4.79 Å². The van der Waals surface area contributed by atoms with Crippen LogP contribution in [-0.4, -0.2) is 33.8 Å². The number of esters is 1. The second-order valence-corrected chi connectivity index (χ2v) is 5.87. The monoisotopic (exact) mass is 382 g/mol. The molecule has 136 valence electrons. The second kappa shape index (κ2) is 8.29. The summed E-state index contributed by atoms with van der Waals surface area (Å²) in [7, 11) is 1.32. The predicted molar refractivity (Wildman–Crippen MR) is 102 cm³/mol. The number of aromatic nitrogens is 3. The van der Waals surface area contributed by atoms with E-state index in [1.54, 1.807) is 48.5 Å². The van der Waals surface area contributed by atoms with Crippen LogP contribution in [0.2, 0.25) is 5.02 Å². The van der Waals surface area contributed by atoms with E-state index in [2.05, 4.69) is 20.1 Å². The van der Waals surface area contributed by atoms with E-state index in [9.17, 15) is 9.59 Å². The lowest BCUT2D eigenvalue weighted by Crippen LogP contribution is -2.11. The first-order valence-corrected chi connectivity index (χ1v) is 8.26. The van der Waals surface area contributed by atoms with Gasteiger partial charge in [-0.2, -0.15) is 5.10 Å². The Morgan fingerprint density at radius 3 is 2.63 bits per heavy atom. The Labute approximate surface area is 160 Å². The number of carbonyl (C=O) groups is 2. The van der Waals surface area contributed by atoms with Crippen LogP contribution in [0.5, 0.6) is 0 Å². The lowest BCUT2D eigenvalue weighted by Gasteiger charge is -2.10. The Morgan fingerprint density at radius 1 is 1.19 bits per heavy atom. The second-order valence-electron chi connectivity index (χ2n) is 5.44. The first-order chi connectivity index (χ1) is 13.1. The molecule has 0 saturated heterocycles. The molecule has 3 rings (SSSR count). The smallest absolute Gasteiger partial charge is 0.337 e. The minimum atomic E-state index is -0.412. The van der Waals surface area contributed by atoms with Crippen molar-refractivity contribution in [3.8, 4) is 5.69 Å². The van der Waals surface area contributed by atoms with Gasteiger partial charge in [0, 0.05) is 11.1 Å². The maximum Gasteiger partial charge on any atom is 0.337 e. The molecular weight excluding hydrogens is 368 g/mol. The first-order valence-electron chi connectivity index (χ1n) is 7.89. The van der Waals surface area contributed by atoms with Crippen LogP contribution in [0.4, 0.5) is 5.69 Å². The molecule has 0 atom stereocenters.